The molecule has 68 valence electrons. The molecule has 0 saturated carbocycles. The van der Waals surface area contributed by atoms with Gasteiger partial charge in [0.15, 0.2) is 0 Å². The van der Waals surface area contributed by atoms with Crippen molar-refractivity contribution in [2.45, 2.75) is 24.8 Å². The molecule has 2 N–H and O–H groups in total. The molecule has 0 spiro atoms. The second-order valence-electron chi connectivity index (χ2n) is 2.94. The van der Waals surface area contributed by atoms with E-state index in [0.717, 1.165) is 0 Å². The molecule has 0 aliphatic carbocycles. The Bertz CT molecular complexity index is 219. The van der Waals surface area contributed by atoms with Crippen molar-refractivity contribution in [3.8, 4) is 0 Å². The average molecular weight is 192 g/mol. The summed E-state index contributed by atoms with van der Waals surface area (Å²) in [5, 5.41) is 10.8. The van der Waals surface area contributed by atoms with E-state index < -0.39 is 17.8 Å². The molecule has 0 aromatic rings. The Morgan fingerprint density at radius 2 is 2.33 bits per heavy atom. The number of aliphatic carboxylic acids is 1. The first-order chi connectivity index (χ1) is 5.52. The Kier molecular flexibility index (Phi) is 2.57. The summed E-state index contributed by atoms with van der Waals surface area (Å²) in [5.74, 6) is -2.53. The smallest absolute Gasteiger partial charge is 0.316 e. The zero-order valence-electron chi connectivity index (χ0n) is 6.58. The number of carboxylic acid groups (broad SMARTS) is 1. The number of hydrogen-bond acceptors (Lipinski definition) is 2. The lowest BCUT2D eigenvalue weighted by atomic mass is 9.94. The molecular weight excluding hydrogens is 182 g/mol. The summed E-state index contributed by atoms with van der Waals surface area (Å²) in [6.45, 7) is 1.76. The minimum atomic E-state index is -1.11. The van der Waals surface area contributed by atoms with Crippen molar-refractivity contribution >= 4 is 23.5 Å². The third kappa shape index (κ3) is 1.69. The van der Waals surface area contributed by atoms with Crippen LogP contribution in [0.1, 0.15) is 13.3 Å². The number of carbonyl (C=O) groups is 2. The highest BCUT2D eigenvalue weighted by Gasteiger charge is 2.36. The molecule has 0 aromatic heterocycles. The zero-order chi connectivity index (χ0) is 9.30. The number of piperidine rings is 1. The molecule has 1 heterocycles. The largest absolute Gasteiger partial charge is 0.481 e. The lowest BCUT2D eigenvalue weighted by Gasteiger charge is -2.28. The zero-order valence-corrected chi connectivity index (χ0v) is 7.34. The summed E-state index contributed by atoms with van der Waals surface area (Å²) in [4.78, 5) is 21.5. The molecule has 0 aromatic carbocycles. The Hall–Kier alpha value is -0.770. The van der Waals surface area contributed by atoms with E-state index in [0.29, 0.717) is 0 Å². The molecule has 1 aliphatic heterocycles. The van der Waals surface area contributed by atoms with Crippen LogP contribution >= 0.6 is 11.6 Å². The van der Waals surface area contributed by atoms with E-state index in [-0.39, 0.29) is 17.8 Å². The predicted octanol–water partition coefficient (Wildman–Crippen LogP) is 0.203. The van der Waals surface area contributed by atoms with Crippen LogP contribution in [0.3, 0.4) is 0 Å². The quantitative estimate of drug-likeness (QED) is 0.460. The minimum Gasteiger partial charge on any atom is -0.481 e. The summed E-state index contributed by atoms with van der Waals surface area (Å²) < 4.78 is 0. The highest BCUT2D eigenvalue weighted by atomic mass is 35.5. The van der Waals surface area contributed by atoms with Gasteiger partial charge in [0.05, 0.1) is 5.38 Å². The number of nitrogens with one attached hydrogen (secondary N) is 1. The van der Waals surface area contributed by atoms with E-state index >= 15 is 0 Å². The lowest BCUT2D eigenvalue weighted by Crippen LogP contribution is -2.50. The molecule has 1 amide bonds. The van der Waals surface area contributed by atoms with Crippen LogP contribution in [0, 0.1) is 5.92 Å². The van der Waals surface area contributed by atoms with Crippen molar-refractivity contribution in [2.75, 3.05) is 0 Å². The highest BCUT2D eigenvalue weighted by Crippen LogP contribution is 2.20. The fraction of sp³-hybridized carbons (Fsp3) is 0.714. The molecule has 0 bridgehead atoms. The number of amides is 1. The first kappa shape index (κ1) is 9.32. The molecule has 3 unspecified atom stereocenters. The van der Waals surface area contributed by atoms with Gasteiger partial charge >= 0.3 is 5.97 Å². The molecule has 1 fully saturated rings. The monoisotopic (exact) mass is 191 g/mol. The van der Waals surface area contributed by atoms with Gasteiger partial charge in [0.1, 0.15) is 5.92 Å². The molecular formula is C7H10ClNO3. The van der Waals surface area contributed by atoms with Crippen LogP contribution < -0.4 is 5.32 Å². The van der Waals surface area contributed by atoms with E-state index in [9.17, 15) is 9.59 Å². The van der Waals surface area contributed by atoms with Crippen molar-refractivity contribution in [3.63, 3.8) is 0 Å². The van der Waals surface area contributed by atoms with E-state index in [2.05, 4.69) is 5.32 Å². The molecule has 1 rings (SSSR count). The van der Waals surface area contributed by atoms with Crippen LogP contribution in [0.2, 0.25) is 0 Å². The van der Waals surface area contributed by atoms with E-state index in [1.165, 1.54) is 0 Å². The Balaban J connectivity index is 2.68. The molecule has 4 nitrogen and oxygen atoms in total. The van der Waals surface area contributed by atoms with Gasteiger partial charge in [-0.25, -0.2) is 0 Å². The van der Waals surface area contributed by atoms with Gasteiger partial charge in [-0.3, -0.25) is 9.59 Å². The van der Waals surface area contributed by atoms with Crippen molar-refractivity contribution in [3.05, 3.63) is 0 Å². The van der Waals surface area contributed by atoms with E-state index in [1.54, 1.807) is 6.92 Å². The van der Waals surface area contributed by atoms with Gasteiger partial charge in [0.2, 0.25) is 5.91 Å². The predicted molar refractivity (Wildman–Crippen MR) is 43.0 cm³/mol. The second kappa shape index (κ2) is 3.31. The Morgan fingerprint density at radius 3 is 2.83 bits per heavy atom. The van der Waals surface area contributed by atoms with Gasteiger partial charge in [0.25, 0.3) is 0 Å². The molecule has 5 heteroatoms. The van der Waals surface area contributed by atoms with Gasteiger partial charge in [-0.15, -0.1) is 11.6 Å². The van der Waals surface area contributed by atoms with E-state index in [4.69, 9.17) is 16.7 Å². The second-order valence-corrected chi connectivity index (χ2v) is 3.50. The van der Waals surface area contributed by atoms with Crippen molar-refractivity contribution in [2.24, 2.45) is 5.92 Å². The number of carbonyl (C=O) groups excluding carboxylic acids is 1. The number of hydrogen-bond donors (Lipinski definition) is 2. The van der Waals surface area contributed by atoms with Gasteiger partial charge in [-0.2, -0.15) is 0 Å². The van der Waals surface area contributed by atoms with Gasteiger partial charge in [-0.05, 0) is 13.3 Å². The van der Waals surface area contributed by atoms with Crippen LogP contribution in [0.4, 0.5) is 0 Å². The summed E-state index contributed by atoms with van der Waals surface area (Å²) in [6.07, 6.45) is 0.212. The number of halogens is 1. The van der Waals surface area contributed by atoms with Crippen LogP contribution in [-0.4, -0.2) is 28.4 Å². The van der Waals surface area contributed by atoms with Crippen molar-refractivity contribution in [1.82, 2.24) is 5.32 Å². The standard InChI is InChI=1S/C7H10ClNO3/c1-3-5(8)2-4(7(11)12)6(10)9-3/h3-5H,2H2,1H3,(H,9,10)(H,11,12). The molecule has 1 saturated heterocycles. The third-order valence-electron chi connectivity index (χ3n) is 1.99. The van der Waals surface area contributed by atoms with Crippen molar-refractivity contribution < 1.29 is 14.7 Å². The summed E-state index contributed by atoms with van der Waals surface area (Å²) in [7, 11) is 0. The fourth-order valence-corrected chi connectivity index (χ4v) is 1.41. The molecule has 3 atom stereocenters. The first-order valence-corrected chi connectivity index (χ1v) is 4.13. The van der Waals surface area contributed by atoms with Crippen LogP contribution in [0.25, 0.3) is 0 Å². The Morgan fingerprint density at radius 1 is 1.75 bits per heavy atom. The Labute approximate surface area is 74.9 Å². The normalized spacial score (nSPS) is 35.8. The molecule has 0 radical (unpaired) electrons. The fourth-order valence-electron chi connectivity index (χ4n) is 1.16. The van der Waals surface area contributed by atoms with Gasteiger partial charge in [0, 0.05) is 6.04 Å². The summed E-state index contributed by atoms with van der Waals surface area (Å²) in [6, 6.07) is -0.144. The summed E-state index contributed by atoms with van der Waals surface area (Å²) >= 11 is 5.79. The maximum Gasteiger partial charge on any atom is 0.316 e. The lowest BCUT2D eigenvalue weighted by molar-refractivity contribution is -0.148. The SMILES string of the molecule is CC1NC(=O)C(C(=O)O)CC1Cl. The van der Waals surface area contributed by atoms with E-state index in [1.807, 2.05) is 0 Å². The summed E-state index contributed by atoms with van der Waals surface area (Å²) in [5.41, 5.74) is 0. The minimum absolute atomic E-state index is 0.144. The topological polar surface area (TPSA) is 66.4 Å². The highest BCUT2D eigenvalue weighted by molar-refractivity contribution is 6.22. The number of carboxylic acids is 1. The van der Waals surface area contributed by atoms with Crippen LogP contribution in [0.15, 0.2) is 0 Å². The van der Waals surface area contributed by atoms with Gasteiger partial charge < -0.3 is 10.4 Å². The van der Waals surface area contributed by atoms with Crippen molar-refractivity contribution in [1.29, 1.82) is 0 Å². The maximum absolute atomic E-state index is 11.0. The molecule has 1 aliphatic rings. The molecule has 12 heavy (non-hydrogen) atoms. The number of alkyl halides is 1. The number of rotatable bonds is 1. The first-order valence-electron chi connectivity index (χ1n) is 3.69. The maximum atomic E-state index is 11.0. The van der Waals surface area contributed by atoms with Gasteiger partial charge in [-0.1, -0.05) is 0 Å². The van der Waals surface area contributed by atoms with Crippen LogP contribution in [-0.2, 0) is 9.59 Å². The third-order valence-corrected chi connectivity index (χ3v) is 2.54. The van der Waals surface area contributed by atoms with Crippen LogP contribution in [0.5, 0.6) is 0 Å². The average Bonchev–Trinajstić information content (AvgIpc) is 1.96.